The molecule has 0 N–H and O–H groups in total. The molecule has 29 heavy (non-hydrogen) atoms. The van der Waals surface area contributed by atoms with Crippen LogP contribution in [0.4, 0.5) is 0 Å². The summed E-state index contributed by atoms with van der Waals surface area (Å²) in [5.74, 6) is 3.42. The molecular formula is C19H13N4O4S2. The molecule has 0 aromatic carbocycles. The Morgan fingerprint density at radius 3 is 2.93 bits per heavy atom. The Hall–Kier alpha value is -2.72. The summed E-state index contributed by atoms with van der Waals surface area (Å²) in [5.41, 5.74) is 1.19. The zero-order valence-electron chi connectivity index (χ0n) is 14.9. The van der Waals surface area contributed by atoms with Gasteiger partial charge in [-0.15, -0.1) is 22.0 Å². The Labute approximate surface area is 174 Å². The van der Waals surface area contributed by atoms with Gasteiger partial charge in [0.25, 0.3) is 0 Å². The minimum absolute atomic E-state index is 0.269. The van der Waals surface area contributed by atoms with Gasteiger partial charge in [-0.1, -0.05) is 11.8 Å². The Bertz CT molecular complexity index is 1070. The second kappa shape index (κ2) is 6.96. The largest absolute Gasteiger partial charge is 0.484 e. The quantitative estimate of drug-likeness (QED) is 0.609. The molecule has 3 aromatic rings. The van der Waals surface area contributed by atoms with Gasteiger partial charge in [0.05, 0.1) is 40.7 Å². The highest BCUT2D eigenvalue weighted by molar-refractivity contribution is 7.99. The van der Waals surface area contributed by atoms with Crippen LogP contribution in [0, 0.1) is 6.20 Å². The van der Waals surface area contributed by atoms with Crippen molar-refractivity contribution in [2.45, 2.75) is 21.3 Å². The highest BCUT2D eigenvalue weighted by Gasteiger charge is 2.30. The van der Waals surface area contributed by atoms with Crippen molar-refractivity contribution in [3.05, 3.63) is 48.2 Å². The molecule has 2 atom stereocenters. The molecule has 8 nitrogen and oxygen atoms in total. The fraction of sp³-hybridized carbons (Fsp3) is 0.263. The topological polar surface area (TPSA) is 88.5 Å². The van der Waals surface area contributed by atoms with Crippen LogP contribution in [-0.4, -0.2) is 39.1 Å². The molecule has 10 heteroatoms. The Balaban J connectivity index is 1.25. The molecule has 0 spiro atoms. The first-order valence-electron chi connectivity index (χ1n) is 8.95. The number of fused-ring (bicyclic) bond motifs is 3. The highest BCUT2D eigenvalue weighted by Crippen LogP contribution is 2.48. The lowest BCUT2D eigenvalue weighted by Gasteiger charge is -2.27. The van der Waals surface area contributed by atoms with Gasteiger partial charge < -0.3 is 18.9 Å². The van der Waals surface area contributed by atoms with Gasteiger partial charge in [-0.2, -0.15) is 0 Å². The molecular weight excluding hydrogens is 412 g/mol. The van der Waals surface area contributed by atoms with E-state index in [0.29, 0.717) is 36.3 Å². The third-order valence-electron chi connectivity index (χ3n) is 4.57. The summed E-state index contributed by atoms with van der Waals surface area (Å²) in [6.07, 6.45) is 5.79. The number of ether oxygens (including phenoxy) is 4. The van der Waals surface area contributed by atoms with Gasteiger partial charge in [-0.3, -0.25) is 9.97 Å². The molecule has 6 rings (SSSR count). The van der Waals surface area contributed by atoms with Crippen LogP contribution in [0.5, 0.6) is 23.1 Å². The van der Waals surface area contributed by atoms with Gasteiger partial charge in [0, 0.05) is 11.8 Å². The standard InChI is InChI=1S/C19H13N4O4S2/c1-2-20-7-14-16(1)29-19(27-14)11-5-12-13(8-21-11)25-9-15(26-12)10-6-17-18(23-22-10)24-3-4-28-17/h1,5-8,15,19H,3-4,9H2. The first kappa shape index (κ1) is 17.2. The van der Waals surface area contributed by atoms with Crippen molar-refractivity contribution in [3.63, 3.8) is 0 Å². The minimum atomic E-state index is -0.355. The SMILES string of the molecule is [c]1cc2c(cn1)OC(c1cc3c(cn1)OCC(c1cc4c(nn1)OCCS4)O3)S2. The van der Waals surface area contributed by atoms with Gasteiger partial charge in [-0.25, -0.2) is 0 Å². The number of hydrogen-bond donors (Lipinski definition) is 0. The van der Waals surface area contributed by atoms with E-state index in [2.05, 4.69) is 26.4 Å². The van der Waals surface area contributed by atoms with Crippen LogP contribution < -0.4 is 18.9 Å². The van der Waals surface area contributed by atoms with E-state index in [4.69, 9.17) is 18.9 Å². The van der Waals surface area contributed by atoms with Crippen LogP contribution in [0.2, 0.25) is 0 Å². The predicted molar refractivity (Wildman–Crippen MR) is 104 cm³/mol. The van der Waals surface area contributed by atoms with Crippen molar-refractivity contribution < 1.29 is 18.9 Å². The average Bonchev–Trinajstić information content (AvgIpc) is 3.22. The van der Waals surface area contributed by atoms with Crippen molar-refractivity contribution in [2.75, 3.05) is 19.0 Å². The van der Waals surface area contributed by atoms with E-state index in [1.165, 1.54) is 0 Å². The Morgan fingerprint density at radius 2 is 1.97 bits per heavy atom. The number of pyridine rings is 2. The normalized spacial score (nSPS) is 21.5. The molecule has 0 aliphatic carbocycles. The molecule has 145 valence electrons. The molecule has 0 bridgehead atoms. The van der Waals surface area contributed by atoms with Crippen LogP contribution >= 0.6 is 23.5 Å². The smallest absolute Gasteiger partial charge is 0.247 e. The van der Waals surface area contributed by atoms with Gasteiger partial charge in [0.2, 0.25) is 5.88 Å². The second-order valence-electron chi connectivity index (χ2n) is 6.44. The van der Waals surface area contributed by atoms with Gasteiger partial charge in [0.15, 0.2) is 28.8 Å². The third-order valence-corrected chi connectivity index (χ3v) is 6.67. The second-order valence-corrected chi connectivity index (χ2v) is 8.68. The average molecular weight is 425 g/mol. The van der Waals surface area contributed by atoms with Crippen LogP contribution in [0.25, 0.3) is 0 Å². The van der Waals surface area contributed by atoms with Crippen molar-refractivity contribution in [1.29, 1.82) is 0 Å². The van der Waals surface area contributed by atoms with Crippen LogP contribution in [0.1, 0.15) is 22.9 Å². The summed E-state index contributed by atoms with van der Waals surface area (Å²) in [5, 5.41) is 8.45. The first-order valence-corrected chi connectivity index (χ1v) is 10.8. The molecule has 3 aliphatic rings. The van der Waals surface area contributed by atoms with Crippen LogP contribution in [0.3, 0.4) is 0 Å². The van der Waals surface area contributed by atoms with E-state index >= 15 is 0 Å². The predicted octanol–water partition coefficient (Wildman–Crippen LogP) is 3.25. The molecule has 0 saturated heterocycles. The molecule has 0 amide bonds. The summed E-state index contributed by atoms with van der Waals surface area (Å²) < 4.78 is 23.5. The van der Waals surface area contributed by atoms with Gasteiger partial charge in [0.1, 0.15) is 12.3 Å². The van der Waals surface area contributed by atoms with Crippen molar-refractivity contribution >= 4 is 23.5 Å². The van der Waals surface area contributed by atoms with E-state index in [1.807, 2.05) is 18.2 Å². The molecule has 6 heterocycles. The third kappa shape index (κ3) is 3.12. The maximum absolute atomic E-state index is 6.19. The van der Waals surface area contributed by atoms with Crippen LogP contribution in [0.15, 0.2) is 40.4 Å². The fourth-order valence-corrected chi connectivity index (χ4v) is 4.96. The molecule has 0 saturated carbocycles. The lowest BCUT2D eigenvalue weighted by molar-refractivity contribution is 0.0861. The maximum Gasteiger partial charge on any atom is 0.247 e. The Morgan fingerprint density at radius 1 is 0.966 bits per heavy atom. The minimum Gasteiger partial charge on any atom is -0.484 e. The van der Waals surface area contributed by atoms with E-state index in [9.17, 15) is 0 Å². The molecule has 0 fully saturated rings. The summed E-state index contributed by atoms with van der Waals surface area (Å²) in [6, 6.07) is 5.62. The highest BCUT2D eigenvalue weighted by atomic mass is 32.2. The Kier molecular flexibility index (Phi) is 4.12. The van der Waals surface area contributed by atoms with Crippen molar-refractivity contribution in [2.24, 2.45) is 0 Å². The molecule has 1 radical (unpaired) electrons. The van der Waals surface area contributed by atoms with Gasteiger partial charge in [-0.05, 0) is 12.1 Å². The first-order chi connectivity index (χ1) is 14.3. The molecule has 2 unspecified atom stereocenters. The number of nitrogens with zero attached hydrogens (tertiary/aromatic N) is 4. The number of rotatable bonds is 2. The lowest BCUT2D eigenvalue weighted by Crippen LogP contribution is -2.24. The zero-order valence-corrected chi connectivity index (χ0v) is 16.5. The van der Waals surface area contributed by atoms with Gasteiger partial charge >= 0.3 is 0 Å². The van der Waals surface area contributed by atoms with Crippen LogP contribution in [-0.2, 0) is 0 Å². The van der Waals surface area contributed by atoms with E-state index < -0.39 is 0 Å². The number of hydrogen-bond acceptors (Lipinski definition) is 10. The van der Waals surface area contributed by atoms with E-state index in [-0.39, 0.29) is 11.5 Å². The van der Waals surface area contributed by atoms with E-state index in [1.54, 1.807) is 35.9 Å². The zero-order chi connectivity index (χ0) is 19.2. The summed E-state index contributed by atoms with van der Waals surface area (Å²) in [6.45, 7) is 0.992. The molecule has 3 aliphatic heterocycles. The number of thioether (sulfide) groups is 2. The fourth-order valence-electron chi connectivity index (χ4n) is 3.18. The van der Waals surface area contributed by atoms with E-state index in [0.717, 1.165) is 27.0 Å². The molecule has 3 aromatic heterocycles. The van der Waals surface area contributed by atoms with Crippen molar-refractivity contribution in [3.8, 4) is 23.1 Å². The number of aromatic nitrogens is 4. The van der Waals surface area contributed by atoms with Crippen molar-refractivity contribution in [1.82, 2.24) is 20.2 Å². The monoisotopic (exact) mass is 425 g/mol. The summed E-state index contributed by atoms with van der Waals surface area (Å²) in [7, 11) is 0. The lowest BCUT2D eigenvalue weighted by atomic mass is 10.2. The summed E-state index contributed by atoms with van der Waals surface area (Å²) in [4.78, 5) is 10.4. The summed E-state index contributed by atoms with van der Waals surface area (Å²) >= 11 is 3.27. The maximum atomic E-state index is 6.19.